The molecule has 2 rings (SSSR count). The first kappa shape index (κ1) is 25.6. The lowest BCUT2D eigenvalue weighted by atomic mass is 10.0. The Labute approximate surface area is 183 Å². The van der Waals surface area contributed by atoms with Gasteiger partial charge in [-0.2, -0.15) is 0 Å². The second-order valence-electron chi connectivity index (χ2n) is 6.90. The van der Waals surface area contributed by atoms with Gasteiger partial charge in [-0.3, -0.25) is 9.98 Å². The quantitative estimate of drug-likeness (QED) is 0.306. The van der Waals surface area contributed by atoms with Crippen LogP contribution in [0.5, 0.6) is 5.75 Å². The van der Waals surface area contributed by atoms with E-state index >= 15 is 0 Å². The minimum absolute atomic E-state index is 0.0326. The molecule has 0 aliphatic heterocycles. The van der Waals surface area contributed by atoms with Crippen molar-refractivity contribution >= 4 is 11.5 Å². The highest BCUT2D eigenvalue weighted by Gasteiger charge is 2.14. The summed E-state index contributed by atoms with van der Waals surface area (Å²) in [4.78, 5) is 8.56. The van der Waals surface area contributed by atoms with Gasteiger partial charge in [0.1, 0.15) is 23.2 Å². The van der Waals surface area contributed by atoms with Crippen molar-refractivity contribution in [3.05, 3.63) is 72.0 Å². The fourth-order valence-corrected chi connectivity index (χ4v) is 2.47. The number of hydrogen-bond acceptors (Lipinski definition) is 5. The number of amidine groups is 1. The number of rotatable bonds is 7. The molecule has 0 spiro atoms. The average molecular weight is 427 g/mol. The number of halogens is 1. The lowest BCUT2D eigenvalue weighted by molar-refractivity contribution is 0.407. The maximum absolute atomic E-state index is 13.2. The zero-order chi connectivity index (χ0) is 23.4. The van der Waals surface area contributed by atoms with Gasteiger partial charge >= 0.3 is 0 Å². The first-order valence-corrected chi connectivity index (χ1v) is 9.85. The number of methoxy groups -OCH3 is 1. The largest absolute Gasteiger partial charge is 0.511 e. The molecule has 0 saturated heterocycles. The number of aromatic nitrogens is 1. The van der Waals surface area contributed by atoms with Crippen LogP contribution in [-0.4, -0.2) is 35.3 Å². The van der Waals surface area contributed by atoms with Crippen LogP contribution >= 0.6 is 0 Å². The zero-order valence-electron chi connectivity index (χ0n) is 18.8. The number of hydrogen-bond donors (Lipinski definition) is 3. The van der Waals surface area contributed by atoms with Gasteiger partial charge in [0, 0.05) is 22.4 Å². The highest BCUT2D eigenvalue weighted by Crippen LogP contribution is 2.29. The van der Waals surface area contributed by atoms with Crippen LogP contribution in [0.3, 0.4) is 0 Å². The van der Waals surface area contributed by atoms with Crippen molar-refractivity contribution in [2.75, 3.05) is 13.7 Å². The lowest BCUT2D eigenvalue weighted by Crippen LogP contribution is -2.21. The summed E-state index contributed by atoms with van der Waals surface area (Å²) >= 11 is 0. The van der Waals surface area contributed by atoms with Gasteiger partial charge in [-0.15, -0.1) is 0 Å². The van der Waals surface area contributed by atoms with E-state index < -0.39 is 5.82 Å². The number of pyridine rings is 1. The smallest absolute Gasteiger partial charge is 0.141 e. The number of aliphatic hydroxyl groups is 1. The first-order chi connectivity index (χ1) is 14.7. The van der Waals surface area contributed by atoms with Gasteiger partial charge in [0.15, 0.2) is 0 Å². The Kier molecular flexibility index (Phi) is 10.7. The van der Waals surface area contributed by atoms with E-state index in [4.69, 9.17) is 10.1 Å². The second-order valence-corrected chi connectivity index (χ2v) is 6.90. The van der Waals surface area contributed by atoms with Crippen LogP contribution in [-0.2, 0) is 0 Å². The summed E-state index contributed by atoms with van der Waals surface area (Å²) in [5.41, 5.74) is 3.72. The molecule has 0 unspecified atom stereocenters. The molecular weight excluding hydrogens is 395 g/mol. The molecule has 1 aromatic carbocycles. The van der Waals surface area contributed by atoms with Crippen molar-refractivity contribution < 1.29 is 14.2 Å². The van der Waals surface area contributed by atoms with Gasteiger partial charge in [-0.25, -0.2) is 4.39 Å². The van der Waals surface area contributed by atoms with E-state index in [9.17, 15) is 9.50 Å². The van der Waals surface area contributed by atoms with Crippen molar-refractivity contribution in [1.29, 1.82) is 5.41 Å². The topological polar surface area (TPSA) is 90.6 Å². The van der Waals surface area contributed by atoms with Crippen molar-refractivity contribution in [3.8, 4) is 17.0 Å². The molecule has 1 aromatic heterocycles. The van der Waals surface area contributed by atoms with E-state index in [1.807, 2.05) is 32.1 Å². The minimum atomic E-state index is -0.395. The minimum Gasteiger partial charge on any atom is -0.511 e. The molecule has 0 radical (unpaired) electrons. The number of aliphatic imine (C=N–C) groups is 1. The Hall–Kier alpha value is -3.48. The zero-order valence-corrected chi connectivity index (χ0v) is 18.8. The summed E-state index contributed by atoms with van der Waals surface area (Å²) in [6, 6.07) is 6.73. The van der Waals surface area contributed by atoms with Crippen molar-refractivity contribution in [2.24, 2.45) is 4.99 Å². The molecule has 0 aliphatic rings. The lowest BCUT2D eigenvalue weighted by Gasteiger charge is -2.15. The monoisotopic (exact) mass is 426 g/mol. The van der Waals surface area contributed by atoms with E-state index in [1.165, 1.54) is 12.3 Å². The molecule has 0 saturated carbocycles. The number of ether oxygens (including phenoxy) is 1. The van der Waals surface area contributed by atoms with E-state index in [-0.39, 0.29) is 12.3 Å². The van der Waals surface area contributed by atoms with Crippen molar-refractivity contribution in [2.45, 2.75) is 34.1 Å². The van der Waals surface area contributed by atoms with E-state index in [0.29, 0.717) is 23.0 Å². The number of benzene rings is 1. The van der Waals surface area contributed by atoms with Gasteiger partial charge < -0.3 is 20.6 Å². The average Bonchev–Trinajstić information content (AvgIpc) is 2.71. The van der Waals surface area contributed by atoms with Crippen LogP contribution in [0.25, 0.3) is 11.3 Å². The Morgan fingerprint density at radius 2 is 2.03 bits per heavy atom. The molecule has 166 valence electrons. The Morgan fingerprint density at radius 1 is 1.35 bits per heavy atom. The van der Waals surface area contributed by atoms with Crippen LogP contribution in [0.4, 0.5) is 4.39 Å². The van der Waals surface area contributed by atoms with Crippen molar-refractivity contribution in [3.63, 3.8) is 0 Å². The third kappa shape index (κ3) is 8.82. The summed E-state index contributed by atoms with van der Waals surface area (Å²) in [5.74, 6) is 0.794. The Bertz CT molecular complexity index is 947. The highest BCUT2D eigenvalue weighted by molar-refractivity contribution is 6.02. The summed E-state index contributed by atoms with van der Waals surface area (Å²) in [7, 11) is 1.59. The molecule has 0 amide bonds. The third-order valence-electron chi connectivity index (χ3n) is 3.85. The van der Waals surface area contributed by atoms with Gasteiger partial charge in [-0.05, 0) is 57.7 Å². The summed E-state index contributed by atoms with van der Waals surface area (Å²) in [6.07, 6.45) is 5.80. The van der Waals surface area contributed by atoms with Gasteiger partial charge in [0.2, 0.25) is 0 Å². The molecule has 0 bridgehead atoms. The Balaban J connectivity index is 0.00000110. The molecule has 0 aliphatic carbocycles. The maximum Gasteiger partial charge on any atom is 0.141 e. The molecule has 6 nitrogen and oxygen atoms in total. The van der Waals surface area contributed by atoms with Gasteiger partial charge in [0.05, 0.1) is 25.5 Å². The molecule has 0 fully saturated rings. The summed E-state index contributed by atoms with van der Waals surface area (Å²) in [6.45, 7) is 11.0. The summed E-state index contributed by atoms with van der Waals surface area (Å²) < 4.78 is 18.7. The van der Waals surface area contributed by atoms with Crippen LogP contribution in [0.15, 0.2) is 60.1 Å². The number of aliphatic hydroxyl groups excluding tert-OH is 1. The second kappa shape index (κ2) is 13.0. The molecule has 0 atom stereocenters. The van der Waals surface area contributed by atoms with E-state index in [0.717, 1.165) is 23.1 Å². The SMILES string of the molecule is C=C(O)CN=C(N/C=C/CC)c1cc(-c2ccc(F)cn2)cc(OC)c1C.CC(C)=N. The standard InChI is InChI=1S/C21H24FN3O2.C3H7N/c1-5-6-9-23-21(25-12-14(2)26)18-10-16(11-20(27-4)15(18)3)19-8-7-17(22)13-24-19;1-3(2)4/h6-11,13,26H,2,5,12H2,1,3-4H3,(H,23,25);4H,1-2H3/b9-6+;. The highest BCUT2D eigenvalue weighted by atomic mass is 19.1. The predicted molar refractivity (Wildman–Crippen MR) is 126 cm³/mol. The fourth-order valence-electron chi connectivity index (χ4n) is 2.47. The van der Waals surface area contributed by atoms with Crippen molar-refractivity contribution in [1.82, 2.24) is 10.3 Å². The fraction of sp³-hybridized carbons (Fsp3) is 0.292. The number of nitrogens with zero attached hydrogens (tertiary/aromatic N) is 2. The molecule has 2 aromatic rings. The molecular formula is C24H31FN4O2. The van der Waals surface area contributed by atoms with Gasteiger partial charge in [-0.1, -0.05) is 19.6 Å². The third-order valence-corrected chi connectivity index (χ3v) is 3.85. The van der Waals surface area contributed by atoms with Crippen LogP contribution in [0, 0.1) is 18.2 Å². The van der Waals surface area contributed by atoms with E-state index in [1.54, 1.807) is 33.2 Å². The molecule has 7 heteroatoms. The normalized spacial score (nSPS) is 11.0. The molecule has 1 heterocycles. The first-order valence-electron chi connectivity index (χ1n) is 9.85. The van der Waals surface area contributed by atoms with E-state index in [2.05, 4.69) is 21.9 Å². The van der Waals surface area contributed by atoms with Crippen LogP contribution in [0.1, 0.15) is 38.3 Å². The van der Waals surface area contributed by atoms with Crippen LogP contribution in [0.2, 0.25) is 0 Å². The van der Waals surface area contributed by atoms with Crippen LogP contribution < -0.4 is 10.1 Å². The maximum atomic E-state index is 13.2. The predicted octanol–water partition coefficient (Wildman–Crippen LogP) is 5.58. The van der Waals surface area contributed by atoms with Gasteiger partial charge in [0.25, 0.3) is 0 Å². The summed E-state index contributed by atoms with van der Waals surface area (Å²) in [5, 5.41) is 19.1. The number of nitrogens with one attached hydrogen (secondary N) is 2. The number of allylic oxidation sites excluding steroid dienone is 1. The molecule has 3 N–H and O–H groups in total. The molecule has 31 heavy (non-hydrogen) atoms. The Morgan fingerprint density at radius 3 is 2.55 bits per heavy atom.